The summed E-state index contributed by atoms with van der Waals surface area (Å²) in [4.78, 5) is 0. The molecule has 0 atom stereocenters. The molecule has 5 heteroatoms. The summed E-state index contributed by atoms with van der Waals surface area (Å²) in [6.07, 6.45) is 0.452. The quantitative estimate of drug-likeness (QED) is 0.477. The predicted molar refractivity (Wildman–Crippen MR) is 85.4 cm³/mol. The van der Waals surface area contributed by atoms with E-state index < -0.39 is 10.1 Å². The highest BCUT2D eigenvalue weighted by Crippen LogP contribution is 2.08. The van der Waals surface area contributed by atoms with Crippen LogP contribution in [0.5, 0.6) is 0 Å². The van der Waals surface area contributed by atoms with Crippen molar-refractivity contribution < 1.29 is 17.5 Å². The molecule has 1 aromatic rings. The molecule has 1 rings (SSSR count). The van der Waals surface area contributed by atoms with Crippen molar-refractivity contribution in [3.05, 3.63) is 35.9 Å². The standard InChI is InChI=1S/C16H23NO3S/c1-3-17(4-2,14-9-15-21(18,19)20)13-8-12-16-10-6-5-7-11-16/h5-7,10-11H,3-4,9,13-15H2,1-2H3/p+1. The van der Waals surface area contributed by atoms with Gasteiger partial charge >= 0.3 is 0 Å². The van der Waals surface area contributed by atoms with Crippen LogP contribution in [0.4, 0.5) is 0 Å². The van der Waals surface area contributed by atoms with E-state index in [0.29, 0.717) is 19.5 Å². The fraction of sp³-hybridized carbons (Fsp3) is 0.500. The summed E-state index contributed by atoms with van der Waals surface area (Å²) in [5.41, 5.74) is 0.987. The smallest absolute Gasteiger partial charge is 0.265 e. The van der Waals surface area contributed by atoms with Crippen molar-refractivity contribution in [2.45, 2.75) is 20.3 Å². The molecule has 0 heterocycles. The number of nitrogens with zero attached hydrogens (tertiary/aromatic N) is 1. The molecule has 0 fully saturated rings. The summed E-state index contributed by atoms with van der Waals surface area (Å²) in [7, 11) is -3.87. The maximum absolute atomic E-state index is 10.8. The van der Waals surface area contributed by atoms with Crippen LogP contribution >= 0.6 is 0 Å². The topological polar surface area (TPSA) is 54.4 Å². The summed E-state index contributed by atoms with van der Waals surface area (Å²) in [6, 6.07) is 9.81. The van der Waals surface area contributed by atoms with E-state index in [4.69, 9.17) is 4.55 Å². The van der Waals surface area contributed by atoms with Crippen LogP contribution in [0.1, 0.15) is 25.8 Å². The predicted octanol–water partition coefficient (Wildman–Crippen LogP) is 2.17. The molecule has 0 aromatic heterocycles. The third kappa shape index (κ3) is 6.76. The SMILES string of the molecule is CC[N+](CC)(CC#Cc1ccccc1)CCCS(=O)(=O)O. The lowest BCUT2D eigenvalue weighted by Crippen LogP contribution is -2.49. The highest BCUT2D eigenvalue weighted by Gasteiger charge is 2.22. The van der Waals surface area contributed by atoms with Crippen molar-refractivity contribution in [1.29, 1.82) is 0 Å². The summed E-state index contributed by atoms with van der Waals surface area (Å²) >= 11 is 0. The third-order valence-corrected chi connectivity index (χ3v) is 4.60. The molecule has 0 aliphatic carbocycles. The largest absolute Gasteiger partial charge is 0.314 e. The minimum atomic E-state index is -3.87. The lowest BCUT2D eigenvalue weighted by molar-refractivity contribution is -0.918. The lowest BCUT2D eigenvalue weighted by Gasteiger charge is -2.35. The maximum Gasteiger partial charge on any atom is 0.265 e. The van der Waals surface area contributed by atoms with Crippen LogP contribution in [0.15, 0.2) is 30.3 Å². The van der Waals surface area contributed by atoms with Gasteiger partial charge in [-0.25, -0.2) is 0 Å². The number of rotatable bonds is 7. The molecule has 1 aromatic carbocycles. The molecule has 116 valence electrons. The summed E-state index contributed by atoms with van der Waals surface area (Å²) in [5.74, 6) is 6.16. The Labute approximate surface area is 128 Å². The van der Waals surface area contributed by atoms with Crippen molar-refractivity contribution >= 4 is 10.1 Å². The monoisotopic (exact) mass is 310 g/mol. The molecule has 0 unspecified atom stereocenters. The first-order chi connectivity index (χ1) is 9.91. The zero-order chi connectivity index (χ0) is 15.8. The number of hydrogen-bond acceptors (Lipinski definition) is 2. The lowest BCUT2D eigenvalue weighted by atomic mass is 10.2. The first-order valence-corrected chi connectivity index (χ1v) is 8.86. The van der Waals surface area contributed by atoms with Crippen molar-refractivity contribution in [1.82, 2.24) is 0 Å². The van der Waals surface area contributed by atoms with E-state index in [-0.39, 0.29) is 5.75 Å². The van der Waals surface area contributed by atoms with Gasteiger partial charge in [-0.15, -0.1) is 0 Å². The minimum Gasteiger partial charge on any atom is -0.314 e. The molecule has 0 amide bonds. The molecule has 0 aliphatic rings. The molecule has 1 N–H and O–H groups in total. The van der Waals surface area contributed by atoms with Gasteiger partial charge in [-0.05, 0) is 31.9 Å². The Kier molecular flexibility index (Phi) is 6.90. The fourth-order valence-corrected chi connectivity index (χ4v) is 2.75. The zero-order valence-electron chi connectivity index (χ0n) is 12.7. The fourth-order valence-electron chi connectivity index (χ4n) is 2.26. The van der Waals surface area contributed by atoms with E-state index >= 15 is 0 Å². The average Bonchev–Trinajstić information content (AvgIpc) is 2.45. The van der Waals surface area contributed by atoms with Gasteiger partial charge < -0.3 is 4.48 Å². The maximum atomic E-state index is 10.8. The highest BCUT2D eigenvalue weighted by molar-refractivity contribution is 7.85. The van der Waals surface area contributed by atoms with Gasteiger partial charge in [0.25, 0.3) is 10.1 Å². The van der Waals surface area contributed by atoms with Crippen LogP contribution in [0.2, 0.25) is 0 Å². The third-order valence-electron chi connectivity index (χ3n) is 3.80. The van der Waals surface area contributed by atoms with Gasteiger partial charge in [-0.2, -0.15) is 8.42 Å². The van der Waals surface area contributed by atoms with Gasteiger partial charge in [-0.1, -0.05) is 24.1 Å². The second-order valence-corrected chi connectivity index (χ2v) is 6.74. The number of quaternary nitrogens is 1. The first kappa shape index (κ1) is 17.7. The first-order valence-electron chi connectivity index (χ1n) is 7.25. The van der Waals surface area contributed by atoms with Crippen LogP contribution in [0, 0.1) is 11.8 Å². The summed E-state index contributed by atoms with van der Waals surface area (Å²) in [5, 5.41) is 0. The van der Waals surface area contributed by atoms with Gasteiger partial charge in [-0.3, -0.25) is 4.55 Å². The van der Waals surface area contributed by atoms with E-state index in [1.54, 1.807) is 0 Å². The van der Waals surface area contributed by atoms with Crippen LogP contribution in [-0.2, 0) is 10.1 Å². The van der Waals surface area contributed by atoms with E-state index in [2.05, 4.69) is 25.7 Å². The molecule has 0 spiro atoms. The van der Waals surface area contributed by atoms with E-state index in [0.717, 1.165) is 23.1 Å². The number of benzene rings is 1. The van der Waals surface area contributed by atoms with Crippen molar-refractivity contribution in [3.63, 3.8) is 0 Å². The van der Waals surface area contributed by atoms with E-state index in [9.17, 15) is 8.42 Å². The zero-order valence-corrected chi connectivity index (χ0v) is 13.6. The normalized spacial score (nSPS) is 11.8. The average molecular weight is 310 g/mol. The summed E-state index contributed by atoms with van der Waals surface area (Å²) in [6.45, 7) is 7.35. The van der Waals surface area contributed by atoms with Gasteiger partial charge in [0.1, 0.15) is 6.54 Å². The van der Waals surface area contributed by atoms with Crippen molar-refractivity contribution in [2.24, 2.45) is 0 Å². The Morgan fingerprint density at radius 2 is 1.76 bits per heavy atom. The van der Waals surface area contributed by atoms with Gasteiger partial charge in [0, 0.05) is 12.0 Å². The Balaban J connectivity index is 2.66. The van der Waals surface area contributed by atoms with E-state index in [1.165, 1.54) is 0 Å². The van der Waals surface area contributed by atoms with Crippen LogP contribution in [0.25, 0.3) is 0 Å². The molecule has 4 nitrogen and oxygen atoms in total. The highest BCUT2D eigenvalue weighted by atomic mass is 32.2. The second kappa shape index (κ2) is 8.18. The van der Waals surface area contributed by atoms with E-state index in [1.807, 2.05) is 30.3 Å². The van der Waals surface area contributed by atoms with Crippen LogP contribution in [-0.4, -0.2) is 49.4 Å². The van der Waals surface area contributed by atoms with Gasteiger partial charge in [0.2, 0.25) is 0 Å². The Morgan fingerprint density at radius 1 is 1.14 bits per heavy atom. The van der Waals surface area contributed by atoms with Gasteiger partial charge in [0.15, 0.2) is 0 Å². The molecule has 0 radical (unpaired) electrons. The second-order valence-electron chi connectivity index (χ2n) is 5.16. The molecule has 21 heavy (non-hydrogen) atoms. The molecule has 0 saturated heterocycles. The Morgan fingerprint density at radius 3 is 2.29 bits per heavy atom. The number of hydrogen-bond donors (Lipinski definition) is 1. The molecular weight excluding hydrogens is 286 g/mol. The molecule has 0 aliphatic heterocycles. The van der Waals surface area contributed by atoms with Crippen molar-refractivity contribution in [3.8, 4) is 11.8 Å². The van der Waals surface area contributed by atoms with Crippen molar-refractivity contribution in [2.75, 3.05) is 31.9 Å². The van der Waals surface area contributed by atoms with Gasteiger partial charge in [0.05, 0.1) is 25.4 Å². The Hall–Kier alpha value is -1.35. The van der Waals surface area contributed by atoms with Crippen LogP contribution in [0.3, 0.4) is 0 Å². The molecular formula is C16H24NO3S+. The molecule has 0 saturated carbocycles. The summed E-state index contributed by atoms with van der Waals surface area (Å²) < 4.78 is 31.2. The Bertz CT molecular complexity index is 581. The molecule has 0 bridgehead atoms. The minimum absolute atomic E-state index is 0.181. The van der Waals surface area contributed by atoms with Crippen LogP contribution < -0.4 is 0 Å².